The molecular formula is C17H25BN2O2. The maximum atomic E-state index is 12.3. The number of hydrogen-bond donors (Lipinski definition) is 0. The van der Waals surface area contributed by atoms with E-state index in [1.807, 2.05) is 4.90 Å². The third kappa shape index (κ3) is 2.92. The average Bonchev–Trinajstić information content (AvgIpc) is 2.64. The van der Waals surface area contributed by atoms with E-state index in [-0.39, 0.29) is 5.91 Å². The van der Waals surface area contributed by atoms with E-state index in [9.17, 15) is 4.79 Å². The largest absolute Gasteiger partial charge is 0.383 e. The van der Waals surface area contributed by atoms with Crippen molar-refractivity contribution in [3.8, 4) is 0 Å². The van der Waals surface area contributed by atoms with Crippen LogP contribution in [0.5, 0.6) is 0 Å². The second-order valence-electron chi connectivity index (χ2n) is 6.63. The molecule has 0 saturated carbocycles. The number of carbonyl (C=O) groups is 1. The summed E-state index contributed by atoms with van der Waals surface area (Å²) in [6, 6.07) is 4.63. The van der Waals surface area contributed by atoms with Gasteiger partial charge in [-0.05, 0) is 54.6 Å². The summed E-state index contributed by atoms with van der Waals surface area (Å²) in [6.07, 6.45) is 2.59. The van der Waals surface area contributed by atoms with E-state index in [1.54, 1.807) is 7.11 Å². The zero-order valence-electron chi connectivity index (χ0n) is 13.9. The number of methoxy groups -OCH3 is 1. The molecule has 4 nitrogen and oxygen atoms in total. The summed E-state index contributed by atoms with van der Waals surface area (Å²) in [5.41, 5.74) is 5.33. The lowest BCUT2D eigenvalue weighted by Gasteiger charge is -2.31. The lowest BCUT2D eigenvalue weighted by Crippen LogP contribution is -2.37. The molecule has 0 aromatic heterocycles. The van der Waals surface area contributed by atoms with Crippen LogP contribution < -0.4 is 4.90 Å². The second-order valence-corrected chi connectivity index (χ2v) is 6.63. The van der Waals surface area contributed by atoms with Crippen LogP contribution in [0.25, 0.3) is 0 Å². The molecule has 0 aliphatic carbocycles. The van der Waals surface area contributed by atoms with E-state index < -0.39 is 0 Å². The molecule has 1 amide bonds. The highest BCUT2D eigenvalue weighted by Gasteiger charge is 2.27. The molecule has 5 heteroatoms. The van der Waals surface area contributed by atoms with Gasteiger partial charge in [-0.3, -0.25) is 4.79 Å². The van der Waals surface area contributed by atoms with Crippen LogP contribution in [0.3, 0.4) is 0 Å². The molecule has 2 aliphatic rings. The van der Waals surface area contributed by atoms with Crippen molar-refractivity contribution < 1.29 is 9.53 Å². The van der Waals surface area contributed by atoms with Crippen LogP contribution in [0.15, 0.2) is 12.1 Å². The molecule has 2 heterocycles. The summed E-state index contributed by atoms with van der Waals surface area (Å²) in [7, 11) is 3.88. The lowest BCUT2D eigenvalue weighted by atomic mass is 9.89. The maximum absolute atomic E-state index is 12.3. The second kappa shape index (κ2) is 6.43. The van der Waals surface area contributed by atoms with Crippen molar-refractivity contribution in [2.24, 2.45) is 0 Å². The standard InChI is InChI=1S/C17H25BN2O2/c1-12-11-19(18)6-5-13-9-14-3-4-17(21)20(7-8-22-2)16(14)10-15(12)13/h9-10,12H,3-8,11,18H2,1-2H3. The van der Waals surface area contributed by atoms with Crippen LogP contribution >= 0.6 is 0 Å². The molecule has 1 aromatic carbocycles. The summed E-state index contributed by atoms with van der Waals surface area (Å²) < 4.78 is 5.18. The van der Waals surface area contributed by atoms with Crippen LogP contribution in [0, 0.1) is 0 Å². The van der Waals surface area contributed by atoms with Crippen LogP contribution in [-0.4, -0.2) is 52.1 Å². The van der Waals surface area contributed by atoms with E-state index in [2.05, 4.69) is 31.8 Å². The van der Waals surface area contributed by atoms with Crippen molar-refractivity contribution in [3.05, 3.63) is 28.8 Å². The van der Waals surface area contributed by atoms with Crippen molar-refractivity contribution in [2.75, 3.05) is 38.3 Å². The van der Waals surface area contributed by atoms with Gasteiger partial charge in [0.15, 0.2) is 7.98 Å². The monoisotopic (exact) mass is 300 g/mol. The summed E-state index contributed by atoms with van der Waals surface area (Å²) in [4.78, 5) is 16.6. The minimum atomic E-state index is 0.225. The van der Waals surface area contributed by atoms with Crippen molar-refractivity contribution >= 4 is 19.6 Å². The number of fused-ring (bicyclic) bond motifs is 2. The molecule has 1 atom stereocenters. The summed E-state index contributed by atoms with van der Waals surface area (Å²) in [5, 5.41) is 0. The van der Waals surface area contributed by atoms with E-state index in [0.717, 1.165) is 31.6 Å². The zero-order valence-corrected chi connectivity index (χ0v) is 13.9. The molecule has 0 saturated heterocycles. The van der Waals surface area contributed by atoms with Gasteiger partial charge in [0.25, 0.3) is 0 Å². The van der Waals surface area contributed by atoms with Gasteiger partial charge in [0.2, 0.25) is 5.91 Å². The van der Waals surface area contributed by atoms with Gasteiger partial charge in [-0.1, -0.05) is 13.0 Å². The molecule has 2 aliphatic heterocycles. The molecule has 0 spiro atoms. The van der Waals surface area contributed by atoms with Crippen molar-refractivity contribution in [2.45, 2.75) is 32.1 Å². The fourth-order valence-corrected chi connectivity index (χ4v) is 3.73. The first-order valence-corrected chi connectivity index (χ1v) is 8.23. The molecule has 22 heavy (non-hydrogen) atoms. The Bertz CT molecular complexity index is 576. The molecule has 118 valence electrons. The summed E-state index contributed by atoms with van der Waals surface area (Å²) >= 11 is 0. The average molecular weight is 300 g/mol. The highest BCUT2D eigenvalue weighted by Crippen LogP contribution is 2.35. The molecule has 1 aromatic rings. The number of aryl methyl sites for hydroxylation is 1. The molecule has 3 rings (SSSR count). The minimum Gasteiger partial charge on any atom is -0.383 e. The number of rotatable bonds is 3. The minimum absolute atomic E-state index is 0.225. The van der Waals surface area contributed by atoms with Gasteiger partial charge in [-0.25, -0.2) is 0 Å². The quantitative estimate of drug-likeness (QED) is 0.784. The first-order valence-electron chi connectivity index (χ1n) is 8.23. The van der Waals surface area contributed by atoms with E-state index in [0.29, 0.717) is 25.5 Å². The maximum Gasteiger partial charge on any atom is 0.227 e. The normalized spacial score (nSPS) is 22.2. The Morgan fingerprint density at radius 3 is 2.86 bits per heavy atom. The first-order chi connectivity index (χ1) is 10.6. The van der Waals surface area contributed by atoms with Crippen LogP contribution in [-0.2, 0) is 22.4 Å². The molecule has 1 unspecified atom stereocenters. The Labute approximate surface area is 133 Å². The Balaban J connectivity index is 1.99. The number of benzene rings is 1. The van der Waals surface area contributed by atoms with Gasteiger partial charge in [0.1, 0.15) is 0 Å². The zero-order chi connectivity index (χ0) is 15.7. The van der Waals surface area contributed by atoms with Gasteiger partial charge >= 0.3 is 0 Å². The SMILES string of the molecule is BN1CCc2cc3c(cc2C(C)C1)N(CCOC)C(=O)CC3. The summed E-state index contributed by atoms with van der Waals surface area (Å²) in [5.74, 6) is 0.733. The Kier molecular flexibility index (Phi) is 4.55. The molecule has 0 N–H and O–H groups in total. The third-order valence-electron chi connectivity index (χ3n) is 4.94. The highest BCUT2D eigenvalue weighted by molar-refractivity contribution is 6.04. The number of carbonyl (C=O) groups excluding carboxylic acids is 1. The van der Waals surface area contributed by atoms with E-state index in [4.69, 9.17) is 4.74 Å². The molecular weight excluding hydrogens is 275 g/mol. The number of nitrogens with zero attached hydrogens (tertiary/aromatic N) is 2. The smallest absolute Gasteiger partial charge is 0.227 e. The Morgan fingerprint density at radius 1 is 1.27 bits per heavy atom. The van der Waals surface area contributed by atoms with Gasteiger partial charge in [0, 0.05) is 25.8 Å². The van der Waals surface area contributed by atoms with Gasteiger partial charge in [-0.2, -0.15) is 0 Å². The number of hydrogen-bond acceptors (Lipinski definition) is 3. The van der Waals surface area contributed by atoms with Crippen LogP contribution in [0.4, 0.5) is 5.69 Å². The lowest BCUT2D eigenvalue weighted by molar-refractivity contribution is -0.119. The number of anilines is 1. The predicted molar refractivity (Wildman–Crippen MR) is 91.2 cm³/mol. The fourth-order valence-electron chi connectivity index (χ4n) is 3.73. The molecule has 0 radical (unpaired) electrons. The number of ether oxygens (including phenoxy) is 1. The molecule has 0 fully saturated rings. The summed E-state index contributed by atoms with van der Waals surface area (Å²) in [6.45, 7) is 5.72. The van der Waals surface area contributed by atoms with Crippen LogP contribution in [0.2, 0.25) is 0 Å². The van der Waals surface area contributed by atoms with Crippen molar-refractivity contribution in [3.63, 3.8) is 0 Å². The Hall–Kier alpha value is -1.33. The number of amides is 1. The highest BCUT2D eigenvalue weighted by atomic mass is 16.5. The Morgan fingerprint density at radius 2 is 2.09 bits per heavy atom. The predicted octanol–water partition coefficient (Wildman–Crippen LogP) is 1.12. The van der Waals surface area contributed by atoms with E-state index in [1.165, 1.54) is 16.7 Å². The third-order valence-corrected chi connectivity index (χ3v) is 4.94. The first kappa shape index (κ1) is 15.6. The van der Waals surface area contributed by atoms with Gasteiger partial charge in [-0.15, -0.1) is 0 Å². The topological polar surface area (TPSA) is 32.8 Å². The fraction of sp³-hybridized carbons (Fsp3) is 0.588. The van der Waals surface area contributed by atoms with Gasteiger partial charge < -0.3 is 14.4 Å². The van der Waals surface area contributed by atoms with Crippen LogP contribution in [0.1, 0.15) is 36.0 Å². The van der Waals surface area contributed by atoms with Crippen molar-refractivity contribution in [1.29, 1.82) is 0 Å². The van der Waals surface area contributed by atoms with E-state index >= 15 is 0 Å². The molecule has 0 bridgehead atoms. The van der Waals surface area contributed by atoms with Crippen molar-refractivity contribution in [1.82, 2.24) is 4.81 Å². The van der Waals surface area contributed by atoms with Gasteiger partial charge in [0.05, 0.1) is 6.61 Å².